The quantitative estimate of drug-likeness (QED) is 0.813. The van der Waals surface area contributed by atoms with Gasteiger partial charge >= 0.3 is 12.1 Å². The van der Waals surface area contributed by atoms with Gasteiger partial charge in [0.05, 0.1) is 0 Å². The maximum absolute atomic E-state index is 12.4. The van der Waals surface area contributed by atoms with Crippen LogP contribution in [0.1, 0.15) is 60.3 Å². The summed E-state index contributed by atoms with van der Waals surface area (Å²) in [6.07, 6.45) is 2.85. The average molecular weight is 297 g/mol. The van der Waals surface area contributed by atoms with Gasteiger partial charge in [-0.05, 0) is 58.3 Å². The molecule has 2 fully saturated rings. The van der Waals surface area contributed by atoms with Crippen LogP contribution in [0.2, 0.25) is 0 Å². The summed E-state index contributed by atoms with van der Waals surface area (Å²) in [6, 6.07) is 0. The van der Waals surface area contributed by atoms with E-state index >= 15 is 0 Å². The lowest BCUT2D eigenvalue weighted by Crippen LogP contribution is -2.47. The van der Waals surface area contributed by atoms with E-state index in [1.807, 2.05) is 0 Å². The van der Waals surface area contributed by atoms with E-state index < -0.39 is 17.2 Å². The molecule has 5 nitrogen and oxygen atoms in total. The van der Waals surface area contributed by atoms with Gasteiger partial charge in [-0.25, -0.2) is 9.59 Å². The van der Waals surface area contributed by atoms with Crippen LogP contribution in [-0.2, 0) is 14.3 Å². The molecule has 0 aliphatic heterocycles. The first-order valence-electron chi connectivity index (χ1n) is 7.85. The number of hydrogen-bond acceptors (Lipinski definition) is 4. The molecule has 2 aliphatic rings. The second-order valence-electron chi connectivity index (χ2n) is 7.61. The van der Waals surface area contributed by atoms with Crippen molar-refractivity contribution in [2.24, 2.45) is 11.8 Å². The largest absolute Gasteiger partial charge is 0.460 e. The summed E-state index contributed by atoms with van der Waals surface area (Å²) in [7, 11) is 0. The van der Waals surface area contributed by atoms with Crippen LogP contribution in [0.15, 0.2) is 0 Å². The van der Waals surface area contributed by atoms with Crippen LogP contribution in [0, 0.1) is 11.8 Å². The summed E-state index contributed by atoms with van der Waals surface area (Å²) in [6.45, 7) is 9.62. The van der Waals surface area contributed by atoms with Crippen molar-refractivity contribution >= 4 is 12.1 Å². The molecule has 0 heterocycles. The van der Waals surface area contributed by atoms with Crippen molar-refractivity contribution in [2.45, 2.75) is 77.5 Å². The van der Waals surface area contributed by atoms with Crippen LogP contribution >= 0.6 is 0 Å². The van der Waals surface area contributed by atoms with Crippen molar-refractivity contribution in [3.05, 3.63) is 0 Å². The van der Waals surface area contributed by atoms with Crippen LogP contribution in [0.4, 0.5) is 4.79 Å². The van der Waals surface area contributed by atoms with Crippen molar-refractivity contribution in [3.8, 4) is 0 Å². The number of carbonyl (C=O) groups excluding carboxylic acids is 2. The van der Waals surface area contributed by atoms with Crippen LogP contribution in [0.5, 0.6) is 0 Å². The van der Waals surface area contributed by atoms with Crippen LogP contribution in [0.25, 0.3) is 0 Å². The van der Waals surface area contributed by atoms with Crippen LogP contribution in [-0.4, -0.2) is 29.3 Å². The van der Waals surface area contributed by atoms with E-state index in [0.29, 0.717) is 24.7 Å². The lowest BCUT2D eigenvalue weighted by Gasteiger charge is -2.26. The predicted octanol–water partition coefficient (Wildman–Crippen LogP) is 3.02. The number of amides is 1. The van der Waals surface area contributed by atoms with E-state index in [1.54, 1.807) is 20.8 Å². The fourth-order valence-electron chi connectivity index (χ4n) is 2.89. The maximum Gasteiger partial charge on any atom is 0.408 e. The number of carbonyl (C=O) groups is 2. The highest BCUT2D eigenvalue weighted by molar-refractivity contribution is 5.89. The lowest BCUT2D eigenvalue weighted by molar-refractivity contribution is -0.156. The fraction of sp³-hybridized carbons (Fsp3) is 0.875. The van der Waals surface area contributed by atoms with Crippen molar-refractivity contribution in [1.29, 1.82) is 0 Å². The Morgan fingerprint density at radius 1 is 1.10 bits per heavy atom. The van der Waals surface area contributed by atoms with Gasteiger partial charge in [0.2, 0.25) is 0 Å². The van der Waals surface area contributed by atoms with Crippen molar-refractivity contribution in [3.63, 3.8) is 0 Å². The minimum Gasteiger partial charge on any atom is -0.460 e. The minimum atomic E-state index is -0.857. The first kappa shape index (κ1) is 16.1. The Morgan fingerprint density at radius 2 is 1.62 bits per heavy atom. The van der Waals surface area contributed by atoms with Crippen molar-refractivity contribution in [1.82, 2.24) is 5.32 Å². The Morgan fingerprint density at radius 3 is 2.05 bits per heavy atom. The molecule has 0 spiro atoms. The fourth-order valence-corrected chi connectivity index (χ4v) is 2.89. The van der Waals surface area contributed by atoms with Gasteiger partial charge in [-0.3, -0.25) is 0 Å². The van der Waals surface area contributed by atoms with Gasteiger partial charge in [0.25, 0.3) is 0 Å². The average Bonchev–Trinajstić information content (AvgIpc) is 3.04. The number of nitrogens with one attached hydrogen (secondary N) is 1. The van der Waals surface area contributed by atoms with E-state index in [2.05, 4.69) is 19.2 Å². The molecule has 2 rings (SSSR count). The number of alkyl carbamates (subject to hydrolysis) is 1. The zero-order valence-electron chi connectivity index (χ0n) is 13.7. The Balaban J connectivity index is 1.91. The summed E-state index contributed by atoms with van der Waals surface area (Å²) in [5.41, 5.74) is -1.43. The third-order valence-corrected chi connectivity index (χ3v) is 4.32. The highest BCUT2D eigenvalue weighted by atomic mass is 16.6. The van der Waals surface area contributed by atoms with Gasteiger partial charge in [0.1, 0.15) is 17.2 Å². The minimum absolute atomic E-state index is 0.0320. The third-order valence-electron chi connectivity index (χ3n) is 4.32. The molecule has 21 heavy (non-hydrogen) atoms. The molecule has 0 bridgehead atoms. The first-order valence-corrected chi connectivity index (χ1v) is 7.85. The molecule has 0 saturated heterocycles. The zero-order chi connectivity index (χ0) is 15.8. The standard InChI is InChI=1S/C16H27NO4/c1-10-6-7-11(2)12(10)20-13(18)16(8-9-16)17-14(19)21-15(3,4)5/h10-12H,6-9H2,1-5H3,(H,17,19). The van der Waals surface area contributed by atoms with E-state index in [1.165, 1.54) is 0 Å². The highest BCUT2D eigenvalue weighted by Crippen LogP contribution is 2.40. The van der Waals surface area contributed by atoms with Gasteiger partial charge in [0, 0.05) is 0 Å². The molecule has 1 N–H and O–H groups in total. The monoisotopic (exact) mass is 297 g/mol. The van der Waals surface area contributed by atoms with Crippen LogP contribution < -0.4 is 5.32 Å². The van der Waals surface area contributed by atoms with Crippen LogP contribution in [0.3, 0.4) is 0 Å². The molecule has 5 heteroatoms. The summed E-state index contributed by atoms with van der Waals surface area (Å²) in [5.74, 6) is 0.474. The first-order chi connectivity index (χ1) is 9.63. The van der Waals surface area contributed by atoms with Gasteiger partial charge in [0.15, 0.2) is 0 Å². The highest BCUT2D eigenvalue weighted by Gasteiger charge is 2.54. The summed E-state index contributed by atoms with van der Waals surface area (Å²) in [4.78, 5) is 24.2. The molecule has 2 aliphatic carbocycles. The molecule has 0 radical (unpaired) electrons. The molecular formula is C16H27NO4. The second kappa shape index (κ2) is 5.50. The summed E-state index contributed by atoms with van der Waals surface area (Å²) < 4.78 is 10.9. The van der Waals surface area contributed by atoms with E-state index in [0.717, 1.165) is 12.8 Å². The lowest BCUT2D eigenvalue weighted by atomic mass is 10.0. The Labute approximate surface area is 126 Å². The number of hydrogen-bond donors (Lipinski definition) is 1. The molecule has 0 aromatic rings. The zero-order valence-corrected chi connectivity index (χ0v) is 13.7. The van der Waals surface area contributed by atoms with Crippen molar-refractivity contribution < 1.29 is 19.1 Å². The van der Waals surface area contributed by atoms with Gasteiger partial charge in [-0.2, -0.15) is 0 Å². The summed E-state index contributed by atoms with van der Waals surface area (Å²) in [5, 5.41) is 2.69. The number of esters is 1. The molecular weight excluding hydrogens is 270 g/mol. The number of ether oxygens (including phenoxy) is 2. The maximum atomic E-state index is 12.4. The smallest absolute Gasteiger partial charge is 0.408 e. The molecule has 2 saturated carbocycles. The van der Waals surface area contributed by atoms with Crippen molar-refractivity contribution in [2.75, 3.05) is 0 Å². The molecule has 1 amide bonds. The number of rotatable bonds is 3. The van der Waals surface area contributed by atoms with Gasteiger partial charge < -0.3 is 14.8 Å². The van der Waals surface area contributed by atoms with Gasteiger partial charge in [-0.1, -0.05) is 13.8 Å². The SMILES string of the molecule is CC1CCC(C)C1OC(=O)C1(NC(=O)OC(C)(C)C)CC1. The third kappa shape index (κ3) is 3.89. The van der Waals surface area contributed by atoms with E-state index in [4.69, 9.17) is 9.47 Å². The molecule has 2 atom stereocenters. The Hall–Kier alpha value is -1.26. The van der Waals surface area contributed by atoms with E-state index in [9.17, 15) is 9.59 Å². The van der Waals surface area contributed by atoms with Gasteiger partial charge in [-0.15, -0.1) is 0 Å². The Bertz CT molecular complexity index is 412. The topological polar surface area (TPSA) is 64.6 Å². The second-order valence-corrected chi connectivity index (χ2v) is 7.61. The summed E-state index contributed by atoms with van der Waals surface area (Å²) >= 11 is 0. The molecule has 0 aromatic heterocycles. The normalized spacial score (nSPS) is 30.6. The molecule has 120 valence electrons. The van der Waals surface area contributed by atoms with E-state index in [-0.39, 0.29) is 12.1 Å². The Kier molecular flexibility index (Phi) is 4.22. The predicted molar refractivity (Wildman–Crippen MR) is 78.8 cm³/mol. The molecule has 2 unspecified atom stereocenters. The molecule has 0 aromatic carbocycles.